The largest absolute Gasteiger partial charge is 0.444 e. The zero-order valence-electron chi connectivity index (χ0n) is 29.8. The Hall–Kier alpha value is -4.23. The van der Waals surface area contributed by atoms with Crippen molar-refractivity contribution in [2.75, 3.05) is 6.54 Å². The third-order valence-electron chi connectivity index (χ3n) is 9.01. The smallest absolute Gasteiger partial charge is 0.410 e. The standard InChI is InChI=1S/C35H51FN6O7/c1-9-11-24(27(43)30(45)37-21-14-15-21)38-29(44)26-19(2)25(49-33(48)41-16-20-12-10-13-23(36)22(20)17-41)18-42(26)31(46)28(34(3,4)5)39-32(47)40-35(6,7)8/h10,12-13,19,21,24-26,28H,9,11,14-18H2,1-8H3,(H,37,45)(H,38,44)(H2,39,40,47)/t19?,24-,25-,26-,28+/m0/s1. The summed E-state index contributed by atoms with van der Waals surface area (Å²) in [6.07, 6.45) is 0.580. The molecule has 4 N–H and O–H groups in total. The second-order valence-corrected chi connectivity index (χ2v) is 15.6. The zero-order valence-corrected chi connectivity index (χ0v) is 29.8. The number of fused-ring (bicyclic) bond motifs is 1. The molecule has 1 aromatic rings. The zero-order chi connectivity index (χ0) is 36.4. The predicted octanol–water partition coefficient (Wildman–Crippen LogP) is 3.14. The molecule has 0 spiro atoms. The van der Waals surface area contributed by atoms with E-state index in [0.29, 0.717) is 17.5 Å². The van der Waals surface area contributed by atoms with E-state index in [9.17, 15) is 33.2 Å². The molecular weight excluding hydrogens is 635 g/mol. The van der Waals surface area contributed by atoms with E-state index in [1.54, 1.807) is 60.6 Å². The van der Waals surface area contributed by atoms with Crippen LogP contribution in [0.25, 0.3) is 0 Å². The number of carbonyl (C=O) groups is 6. The number of hydrogen-bond acceptors (Lipinski definition) is 7. The fourth-order valence-electron chi connectivity index (χ4n) is 6.21. The van der Waals surface area contributed by atoms with Gasteiger partial charge in [0.15, 0.2) is 0 Å². The first-order chi connectivity index (χ1) is 22.8. The lowest BCUT2D eigenvalue weighted by atomic mass is 9.85. The molecule has 1 aliphatic carbocycles. The van der Waals surface area contributed by atoms with E-state index in [1.807, 2.05) is 6.92 Å². The number of hydrogen-bond donors (Lipinski definition) is 4. The molecule has 1 saturated heterocycles. The molecule has 14 heteroatoms. The minimum Gasteiger partial charge on any atom is -0.444 e. The van der Waals surface area contributed by atoms with Gasteiger partial charge in [-0.3, -0.25) is 24.1 Å². The van der Waals surface area contributed by atoms with Gasteiger partial charge in [0.2, 0.25) is 17.6 Å². The van der Waals surface area contributed by atoms with E-state index >= 15 is 0 Å². The summed E-state index contributed by atoms with van der Waals surface area (Å²) in [6, 6.07) is 0.566. The van der Waals surface area contributed by atoms with Gasteiger partial charge < -0.3 is 30.9 Å². The third kappa shape index (κ3) is 9.27. The van der Waals surface area contributed by atoms with Crippen molar-refractivity contribution in [3.05, 3.63) is 35.1 Å². The lowest BCUT2D eigenvalue weighted by Gasteiger charge is -2.36. The Kier molecular flexibility index (Phi) is 11.3. The molecule has 2 heterocycles. The van der Waals surface area contributed by atoms with Crippen molar-refractivity contribution < 1.29 is 37.9 Å². The van der Waals surface area contributed by atoms with Crippen LogP contribution >= 0.6 is 0 Å². The van der Waals surface area contributed by atoms with Gasteiger partial charge in [-0.2, -0.15) is 0 Å². The molecule has 0 bridgehead atoms. The molecule has 270 valence electrons. The molecule has 5 atom stereocenters. The van der Waals surface area contributed by atoms with E-state index in [0.717, 1.165) is 12.8 Å². The average molecular weight is 687 g/mol. The van der Waals surface area contributed by atoms with Gasteiger partial charge in [-0.1, -0.05) is 53.2 Å². The van der Waals surface area contributed by atoms with Crippen LogP contribution in [0.3, 0.4) is 0 Å². The fourth-order valence-corrected chi connectivity index (χ4v) is 6.21. The van der Waals surface area contributed by atoms with Gasteiger partial charge in [-0.25, -0.2) is 14.0 Å². The van der Waals surface area contributed by atoms with Gasteiger partial charge in [0, 0.05) is 29.6 Å². The number of nitrogens with zero attached hydrogens (tertiary/aromatic N) is 2. The van der Waals surface area contributed by atoms with Crippen LogP contribution in [0.4, 0.5) is 14.0 Å². The molecule has 6 amide bonds. The second-order valence-electron chi connectivity index (χ2n) is 15.6. The molecule has 3 aliphatic rings. The lowest BCUT2D eigenvalue weighted by molar-refractivity contribution is -0.144. The highest BCUT2D eigenvalue weighted by Crippen LogP contribution is 2.33. The van der Waals surface area contributed by atoms with E-state index in [2.05, 4.69) is 21.3 Å². The number of halogens is 1. The van der Waals surface area contributed by atoms with E-state index in [-0.39, 0.29) is 32.1 Å². The highest BCUT2D eigenvalue weighted by atomic mass is 19.1. The minimum absolute atomic E-state index is 0.0110. The van der Waals surface area contributed by atoms with Crippen molar-refractivity contribution in [3.8, 4) is 0 Å². The molecule has 1 saturated carbocycles. The van der Waals surface area contributed by atoms with Crippen LogP contribution < -0.4 is 21.3 Å². The first-order valence-electron chi connectivity index (χ1n) is 17.1. The maximum Gasteiger partial charge on any atom is 0.410 e. The summed E-state index contributed by atoms with van der Waals surface area (Å²) < 4.78 is 20.3. The van der Waals surface area contributed by atoms with Crippen molar-refractivity contribution in [3.63, 3.8) is 0 Å². The van der Waals surface area contributed by atoms with Crippen molar-refractivity contribution in [2.45, 2.75) is 130 Å². The molecule has 4 rings (SSSR count). The van der Waals surface area contributed by atoms with Crippen molar-refractivity contribution in [1.82, 2.24) is 31.1 Å². The van der Waals surface area contributed by atoms with Gasteiger partial charge in [0.05, 0.1) is 19.1 Å². The third-order valence-corrected chi connectivity index (χ3v) is 9.01. The van der Waals surface area contributed by atoms with Crippen LogP contribution in [0.15, 0.2) is 18.2 Å². The number of likely N-dealkylation sites (tertiary alicyclic amines) is 1. The molecule has 1 aromatic carbocycles. The highest BCUT2D eigenvalue weighted by molar-refractivity contribution is 6.38. The number of ether oxygens (including phenoxy) is 1. The quantitative estimate of drug-likeness (QED) is 0.275. The van der Waals surface area contributed by atoms with Gasteiger partial charge in [-0.15, -0.1) is 0 Å². The molecule has 0 radical (unpaired) electrons. The van der Waals surface area contributed by atoms with Gasteiger partial charge in [0.25, 0.3) is 5.91 Å². The number of nitrogens with one attached hydrogen (secondary N) is 4. The Morgan fingerprint density at radius 1 is 1.00 bits per heavy atom. The number of ketones is 1. The molecular formula is C35H51FN6O7. The lowest BCUT2D eigenvalue weighted by Crippen LogP contribution is -2.61. The van der Waals surface area contributed by atoms with Crippen LogP contribution in [0.1, 0.15) is 92.2 Å². The van der Waals surface area contributed by atoms with Gasteiger partial charge in [-0.05, 0) is 57.1 Å². The van der Waals surface area contributed by atoms with Crippen molar-refractivity contribution in [1.29, 1.82) is 0 Å². The van der Waals surface area contributed by atoms with Crippen molar-refractivity contribution >= 4 is 35.6 Å². The minimum atomic E-state index is -1.21. The predicted molar refractivity (Wildman–Crippen MR) is 178 cm³/mol. The molecule has 49 heavy (non-hydrogen) atoms. The van der Waals surface area contributed by atoms with Gasteiger partial charge in [0.1, 0.15) is 24.0 Å². The molecule has 2 fully saturated rings. The number of Topliss-reactive ketones (excluding diaryl/α,β-unsaturated/α-hetero) is 1. The maximum atomic E-state index is 14.4. The van der Waals surface area contributed by atoms with Gasteiger partial charge >= 0.3 is 12.1 Å². The number of urea groups is 1. The fraction of sp³-hybridized carbons (Fsp3) is 0.657. The summed E-state index contributed by atoms with van der Waals surface area (Å²) >= 11 is 0. The Bertz CT molecular complexity index is 1470. The summed E-state index contributed by atoms with van der Waals surface area (Å²) in [5.74, 6) is -3.99. The molecule has 13 nitrogen and oxygen atoms in total. The number of benzene rings is 1. The Balaban J connectivity index is 1.59. The van der Waals surface area contributed by atoms with E-state index in [4.69, 9.17) is 4.74 Å². The average Bonchev–Trinajstić information content (AvgIpc) is 3.59. The topological polar surface area (TPSA) is 166 Å². The normalized spacial score (nSPS) is 21.7. The summed E-state index contributed by atoms with van der Waals surface area (Å²) in [4.78, 5) is 83.3. The van der Waals surface area contributed by atoms with Crippen LogP contribution in [-0.2, 0) is 37.0 Å². The Morgan fingerprint density at radius 2 is 1.67 bits per heavy atom. The monoisotopic (exact) mass is 686 g/mol. The molecule has 2 aliphatic heterocycles. The first-order valence-corrected chi connectivity index (χ1v) is 17.1. The highest BCUT2D eigenvalue weighted by Gasteiger charge is 2.51. The van der Waals surface area contributed by atoms with Crippen LogP contribution in [-0.4, -0.2) is 87.8 Å². The summed E-state index contributed by atoms with van der Waals surface area (Å²) in [7, 11) is 0. The van der Waals surface area contributed by atoms with Crippen LogP contribution in [0.2, 0.25) is 0 Å². The van der Waals surface area contributed by atoms with E-state index in [1.165, 1.54) is 15.9 Å². The Morgan fingerprint density at radius 3 is 2.24 bits per heavy atom. The SMILES string of the molecule is CCC[C@H](NC(=O)[C@@H]1C(C)[C@@H](OC(=O)N2Cc3cccc(F)c3C2)CN1C(=O)[C@@H](NC(=O)NC(C)(C)C)C(C)(C)C)C(=O)C(=O)NC1CC1. The second kappa shape index (κ2) is 14.7. The number of carbonyl (C=O) groups excluding carboxylic acids is 6. The summed E-state index contributed by atoms with van der Waals surface area (Å²) in [6.45, 7) is 14.2. The number of amides is 6. The number of rotatable bonds is 10. The molecule has 1 unspecified atom stereocenters. The van der Waals surface area contributed by atoms with Crippen molar-refractivity contribution in [2.24, 2.45) is 11.3 Å². The van der Waals surface area contributed by atoms with Crippen LogP contribution in [0.5, 0.6) is 0 Å². The van der Waals surface area contributed by atoms with E-state index < -0.39 is 82.5 Å². The maximum absolute atomic E-state index is 14.4. The van der Waals surface area contributed by atoms with Crippen LogP contribution in [0, 0.1) is 17.2 Å². The molecule has 0 aromatic heterocycles. The summed E-state index contributed by atoms with van der Waals surface area (Å²) in [5.41, 5.74) is -0.337. The first kappa shape index (κ1) is 37.6. The Labute approximate surface area is 287 Å². The summed E-state index contributed by atoms with van der Waals surface area (Å²) in [5, 5.41) is 10.9.